The van der Waals surface area contributed by atoms with Gasteiger partial charge in [-0.2, -0.15) is 0 Å². The molecular formula is C15H21N3OS. The maximum Gasteiger partial charge on any atom is 0.142 e. The number of thiazole rings is 1. The SMILES string of the molecule is CCNCc1nc(C)ccc1OCc1nc(C)c(C)s1. The highest BCUT2D eigenvalue weighted by atomic mass is 32.1. The first-order chi connectivity index (χ1) is 9.60. The summed E-state index contributed by atoms with van der Waals surface area (Å²) in [4.78, 5) is 10.3. The van der Waals surface area contributed by atoms with Gasteiger partial charge in [-0.05, 0) is 39.4 Å². The molecule has 0 saturated heterocycles. The Kier molecular flexibility index (Phi) is 5.09. The Balaban J connectivity index is 2.08. The summed E-state index contributed by atoms with van der Waals surface area (Å²) in [5.74, 6) is 0.835. The lowest BCUT2D eigenvalue weighted by Crippen LogP contribution is -2.14. The van der Waals surface area contributed by atoms with E-state index in [1.807, 2.05) is 26.0 Å². The number of aryl methyl sites for hydroxylation is 3. The van der Waals surface area contributed by atoms with E-state index in [1.54, 1.807) is 11.3 Å². The highest BCUT2D eigenvalue weighted by molar-refractivity contribution is 7.11. The molecule has 0 bridgehead atoms. The molecule has 0 aromatic carbocycles. The van der Waals surface area contributed by atoms with Crippen molar-refractivity contribution in [2.45, 2.75) is 40.8 Å². The Morgan fingerprint density at radius 1 is 1.20 bits per heavy atom. The smallest absolute Gasteiger partial charge is 0.142 e. The van der Waals surface area contributed by atoms with Crippen molar-refractivity contribution in [3.8, 4) is 5.75 Å². The predicted octanol–water partition coefficient (Wildman–Crippen LogP) is 3.15. The van der Waals surface area contributed by atoms with Crippen LogP contribution in [-0.2, 0) is 13.2 Å². The van der Waals surface area contributed by atoms with Gasteiger partial charge in [0.1, 0.15) is 17.4 Å². The second-order valence-electron chi connectivity index (χ2n) is 4.72. The summed E-state index contributed by atoms with van der Waals surface area (Å²) in [6.07, 6.45) is 0. The lowest BCUT2D eigenvalue weighted by atomic mass is 10.3. The fourth-order valence-electron chi connectivity index (χ4n) is 1.84. The number of rotatable bonds is 6. The molecule has 0 atom stereocenters. The van der Waals surface area contributed by atoms with Gasteiger partial charge in [0, 0.05) is 17.1 Å². The van der Waals surface area contributed by atoms with Crippen LogP contribution in [0.15, 0.2) is 12.1 Å². The van der Waals surface area contributed by atoms with Crippen LogP contribution in [0.1, 0.15) is 33.9 Å². The maximum atomic E-state index is 5.89. The monoisotopic (exact) mass is 291 g/mol. The summed E-state index contributed by atoms with van der Waals surface area (Å²) < 4.78 is 5.89. The van der Waals surface area contributed by atoms with Crippen molar-refractivity contribution in [1.82, 2.24) is 15.3 Å². The first-order valence-corrected chi connectivity index (χ1v) is 7.64. The average molecular weight is 291 g/mol. The van der Waals surface area contributed by atoms with Crippen LogP contribution in [0.4, 0.5) is 0 Å². The third kappa shape index (κ3) is 3.77. The zero-order valence-corrected chi connectivity index (χ0v) is 13.3. The van der Waals surface area contributed by atoms with E-state index >= 15 is 0 Å². The van der Waals surface area contributed by atoms with Crippen LogP contribution in [0, 0.1) is 20.8 Å². The Morgan fingerprint density at radius 2 is 2.00 bits per heavy atom. The normalized spacial score (nSPS) is 10.8. The zero-order valence-electron chi connectivity index (χ0n) is 12.5. The third-order valence-electron chi connectivity index (χ3n) is 3.04. The van der Waals surface area contributed by atoms with Crippen molar-refractivity contribution in [3.05, 3.63) is 39.1 Å². The van der Waals surface area contributed by atoms with Crippen molar-refractivity contribution >= 4 is 11.3 Å². The number of nitrogens with one attached hydrogen (secondary N) is 1. The molecule has 2 aromatic rings. The molecule has 1 N–H and O–H groups in total. The van der Waals surface area contributed by atoms with Crippen LogP contribution in [0.25, 0.3) is 0 Å². The number of nitrogens with zero attached hydrogens (tertiary/aromatic N) is 2. The molecule has 108 valence electrons. The van der Waals surface area contributed by atoms with Gasteiger partial charge < -0.3 is 10.1 Å². The second-order valence-corrected chi connectivity index (χ2v) is 6.00. The third-order valence-corrected chi connectivity index (χ3v) is 4.08. The predicted molar refractivity (Wildman–Crippen MR) is 82.3 cm³/mol. The molecule has 2 rings (SSSR count). The molecule has 0 fully saturated rings. The minimum Gasteiger partial charge on any atom is -0.484 e. The van der Waals surface area contributed by atoms with Gasteiger partial charge in [0.15, 0.2) is 0 Å². The van der Waals surface area contributed by atoms with Gasteiger partial charge >= 0.3 is 0 Å². The van der Waals surface area contributed by atoms with E-state index in [2.05, 4.69) is 29.1 Å². The zero-order chi connectivity index (χ0) is 14.5. The molecule has 4 nitrogen and oxygen atoms in total. The van der Waals surface area contributed by atoms with Gasteiger partial charge in [0.05, 0.1) is 11.4 Å². The summed E-state index contributed by atoms with van der Waals surface area (Å²) in [6, 6.07) is 3.96. The minimum atomic E-state index is 0.503. The molecule has 2 aromatic heterocycles. The standard InChI is InChI=1S/C15H21N3OS/c1-5-16-8-13-14(7-6-10(2)17-13)19-9-15-18-11(3)12(4)20-15/h6-7,16H,5,8-9H2,1-4H3. The van der Waals surface area contributed by atoms with Crippen LogP contribution in [-0.4, -0.2) is 16.5 Å². The van der Waals surface area contributed by atoms with E-state index < -0.39 is 0 Å². The lowest BCUT2D eigenvalue weighted by molar-refractivity contribution is 0.299. The van der Waals surface area contributed by atoms with Crippen molar-refractivity contribution in [2.24, 2.45) is 0 Å². The number of aromatic nitrogens is 2. The lowest BCUT2D eigenvalue weighted by Gasteiger charge is -2.10. The van der Waals surface area contributed by atoms with Crippen molar-refractivity contribution in [1.29, 1.82) is 0 Å². The van der Waals surface area contributed by atoms with Crippen LogP contribution in [0.5, 0.6) is 5.75 Å². The summed E-state index contributed by atoms with van der Waals surface area (Å²) in [7, 11) is 0. The van der Waals surface area contributed by atoms with E-state index in [1.165, 1.54) is 4.88 Å². The molecule has 0 aliphatic carbocycles. The maximum absolute atomic E-state index is 5.89. The fourth-order valence-corrected chi connectivity index (χ4v) is 2.69. The van der Waals surface area contributed by atoms with Crippen LogP contribution >= 0.6 is 11.3 Å². The summed E-state index contributed by atoms with van der Waals surface area (Å²) in [6.45, 7) is 10.3. The van der Waals surface area contributed by atoms with Crippen molar-refractivity contribution in [2.75, 3.05) is 6.54 Å². The van der Waals surface area contributed by atoms with Gasteiger partial charge in [0.25, 0.3) is 0 Å². The second kappa shape index (κ2) is 6.81. The van der Waals surface area contributed by atoms with E-state index in [0.29, 0.717) is 6.61 Å². The number of ether oxygens (including phenoxy) is 1. The largest absolute Gasteiger partial charge is 0.484 e. The van der Waals surface area contributed by atoms with Crippen molar-refractivity contribution < 1.29 is 4.74 Å². The van der Waals surface area contributed by atoms with E-state index in [4.69, 9.17) is 4.74 Å². The summed E-state index contributed by atoms with van der Waals surface area (Å²) >= 11 is 1.69. The first kappa shape index (κ1) is 14.9. The van der Waals surface area contributed by atoms with Crippen LogP contribution in [0.3, 0.4) is 0 Å². The Morgan fingerprint density at radius 3 is 2.65 bits per heavy atom. The summed E-state index contributed by atoms with van der Waals surface area (Å²) in [5.41, 5.74) is 3.05. The highest BCUT2D eigenvalue weighted by Crippen LogP contribution is 2.21. The number of pyridine rings is 1. The molecule has 5 heteroatoms. The molecule has 0 aliphatic rings. The quantitative estimate of drug-likeness (QED) is 0.888. The molecule has 0 amide bonds. The Hall–Kier alpha value is -1.46. The molecule has 0 unspecified atom stereocenters. The van der Waals surface area contributed by atoms with Crippen molar-refractivity contribution in [3.63, 3.8) is 0 Å². The molecule has 20 heavy (non-hydrogen) atoms. The van der Waals surface area contributed by atoms with E-state index in [-0.39, 0.29) is 0 Å². The molecular weight excluding hydrogens is 270 g/mol. The molecule has 0 saturated carbocycles. The molecule has 0 spiro atoms. The Labute approximate surface area is 124 Å². The molecule has 0 radical (unpaired) electrons. The minimum absolute atomic E-state index is 0.503. The van der Waals surface area contributed by atoms with Gasteiger partial charge in [-0.1, -0.05) is 6.92 Å². The van der Waals surface area contributed by atoms with Crippen LogP contribution in [0.2, 0.25) is 0 Å². The average Bonchev–Trinajstić information content (AvgIpc) is 2.74. The van der Waals surface area contributed by atoms with Gasteiger partial charge in [0.2, 0.25) is 0 Å². The Bertz CT molecular complexity index is 561. The number of hydrogen-bond acceptors (Lipinski definition) is 5. The van der Waals surface area contributed by atoms with Crippen LogP contribution < -0.4 is 10.1 Å². The topological polar surface area (TPSA) is 47.0 Å². The van der Waals surface area contributed by atoms with Gasteiger partial charge in [-0.15, -0.1) is 11.3 Å². The fraction of sp³-hybridized carbons (Fsp3) is 0.467. The van der Waals surface area contributed by atoms with Gasteiger partial charge in [-0.3, -0.25) is 4.98 Å². The summed E-state index contributed by atoms with van der Waals surface area (Å²) in [5, 5.41) is 4.30. The first-order valence-electron chi connectivity index (χ1n) is 6.83. The van der Waals surface area contributed by atoms with E-state index in [0.717, 1.165) is 40.9 Å². The number of hydrogen-bond donors (Lipinski definition) is 1. The highest BCUT2D eigenvalue weighted by Gasteiger charge is 2.08. The van der Waals surface area contributed by atoms with E-state index in [9.17, 15) is 0 Å². The van der Waals surface area contributed by atoms with Gasteiger partial charge in [-0.25, -0.2) is 4.98 Å². The molecule has 2 heterocycles. The molecule has 0 aliphatic heterocycles.